The fraction of sp³-hybridized carbons (Fsp3) is 0.480. The molecule has 3 atom stereocenters. The molecule has 1 heterocycles. The highest BCUT2D eigenvalue weighted by molar-refractivity contribution is 6.12. The Bertz CT molecular complexity index is 1010. The summed E-state index contributed by atoms with van der Waals surface area (Å²) in [7, 11) is 1.24. The van der Waals surface area contributed by atoms with Crippen molar-refractivity contribution in [1.82, 2.24) is 5.32 Å². The van der Waals surface area contributed by atoms with Gasteiger partial charge < -0.3 is 19.5 Å². The van der Waals surface area contributed by atoms with E-state index in [1.54, 1.807) is 19.9 Å². The minimum Gasteiger partial charge on any atom is -0.468 e. The maximum Gasteiger partial charge on any atom is 0.336 e. The minimum absolute atomic E-state index is 0.00846. The van der Waals surface area contributed by atoms with Crippen LogP contribution in [0.4, 0.5) is 4.39 Å². The van der Waals surface area contributed by atoms with Gasteiger partial charge in [0.2, 0.25) is 0 Å². The summed E-state index contributed by atoms with van der Waals surface area (Å²) in [6, 6.07) is 5.77. The number of hydrogen-bond acceptors (Lipinski definition) is 7. The van der Waals surface area contributed by atoms with Crippen LogP contribution in [0.2, 0.25) is 0 Å². The number of allylic oxidation sites excluding steroid dienone is 3. The summed E-state index contributed by atoms with van der Waals surface area (Å²) in [4.78, 5) is 39.1. The third-order valence-electron chi connectivity index (χ3n) is 5.91. The SMILES string of the molecule is COC(=O)[C@@H]1C(=O)C2=C(C[C@@H]1C)NC(C)=C(C(=O)OCCOC(C)C)[C@H]2c1cccc(F)c1. The largest absolute Gasteiger partial charge is 0.468 e. The third kappa shape index (κ3) is 5.16. The normalized spacial score (nSPS) is 22.8. The van der Waals surface area contributed by atoms with Gasteiger partial charge in [-0.2, -0.15) is 0 Å². The molecule has 1 aromatic rings. The van der Waals surface area contributed by atoms with Crippen molar-refractivity contribution < 1.29 is 33.0 Å². The average molecular weight is 460 g/mol. The van der Waals surface area contributed by atoms with Gasteiger partial charge in [-0.25, -0.2) is 9.18 Å². The zero-order chi connectivity index (χ0) is 24.3. The second kappa shape index (κ2) is 10.3. The van der Waals surface area contributed by atoms with E-state index in [4.69, 9.17) is 14.2 Å². The van der Waals surface area contributed by atoms with E-state index in [1.165, 1.54) is 25.3 Å². The van der Waals surface area contributed by atoms with Gasteiger partial charge in [0.15, 0.2) is 5.78 Å². The van der Waals surface area contributed by atoms with Gasteiger partial charge in [0.1, 0.15) is 18.3 Å². The number of Topliss-reactive ketones (excluding diaryl/α,β-unsaturated/α-hetero) is 1. The second-order valence-electron chi connectivity index (χ2n) is 8.65. The van der Waals surface area contributed by atoms with Gasteiger partial charge in [-0.3, -0.25) is 9.59 Å². The van der Waals surface area contributed by atoms with Crippen LogP contribution < -0.4 is 5.32 Å². The molecule has 0 radical (unpaired) electrons. The number of carbonyl (C=O) groups excluding carboxylic acids is 3. The zero-order valence-electron chi connectivity index (χ0n) is 19.6. The van der Waals surface area contributed by atoms with Crippen molar-refractivity contribution in [1.29, 1.82) is 0 Å². The van der Waals surface area contributed by atoms with Crippen LogP contribution >= 0.6 is 0 Å². The van der Waals surface area contributed by atoms with Crippen LogP contribution in [-0.2, 0) is 28.6 Å². The molecule has 0 amide bonds. The van der Waals surface area contributed by atoms with Gasteiger partial charge in [0.05, 0.1) is 25.4 Å². The van der Waals surface area contributed by atoms with Gasteiger partial charge in [-0.15, -0.1) is 0 Å². The van der Waals surface area contributed by atoms with Crippen LogP contribution in [0, 0.1) is 17.7 Å². The molecule has 1 aliphatic carbocycles. The Kier molecular flexibility index (Phi) is 7.68. The number of carbonyl (C=O) groups is 3. The summed E-state index contributed by atoms with van der Waals surface area (Å²) in [5.74, 6) is -4.35. The van der Waals surface area contributed by atoms with Crippen LogP contribution in [0.15, 0.2) is 46.8 Å². The molecule has 0 fully saturated rings. The van der Waals surface area contributed by atoms with E-state index in [0.717, 1.165) is 0 Å². The number of rotatable bonds is 7. The molecule has 2 aliphatic rings. The number of esters is 2. The quantitative estimate of drug-likeness (QED) is 0.380. The smallest absolute Gasteiger partial charge is 0.336 e. The van der Waals surface area contributed by atoms with Gasteiger partial charge in [-0.1, -0.05) is 19.1 Å². The number of dihydropyridines is 1. The summed E-state index contributed by atoms with van der Waals surface area (Å²) in [5.41, 5.74) is 2.05. The molecule has 0 saturated heterocycles. The Morgan fingerprint density at radius 2 is 1.97 bits per heavy atom. The molecule has 33 heavy (non-hydrogen) atoms. The lowest BCUT2D eigenvalue weighted by atomic mass is 9.69. The van der Waals surface area contributed by atoms with Crippen LogP contribution in [0.3, 0.4) is 0 Å². The lowest BCUT2D eigenvalue weighted by Crippen LogP contribution is -2.43. The first kappa shape index (κ1) is 24.6. The molecular weight excluding hydrogens is 429 g/mol. The van der Waals surface area contributed by atoms with Gasteiger partial charge in [0, 0.05) is 22.9 Å². The molecule has 0 aromatic heterocycles. The summed E-state index contributed by atoms with van der Waals surface area (Å²) in [5, 5.41) is 3.17. The molecule has 3 rings (SSSR count). The summed E-state index contributed by atoms with van der Waals surface area (Å²) in [6.07, 6.45) is 0.403. The van der Waals surface area contributed by atoms with E-state index in [9.17, 15) is 18.8 Å². The summed E-state index contributed by atoms with van der Waals surface area (Å²) >= 11 is 0. The predicted molar refractivity (Wildman–Crippen MR) is 118 cm³/mol. The summed E-state index contributed by atoms with van der Waals surface area (Å²) < 4.78 is 29.9. The van der Waals surface area contributed by atoms with Crippen LogP contribution in [-0.4, -0.2) is 44.1 Å². The monoisotopic (exact) mass is 459 g/mol. The first-order valence-electron chi connectivity index (χ1n) is 11.0. The molecular formula is C25H30FNO6. The number of ketones is 1. The maximum absolute atomic E-state index is 14.2. The number of methoxy groups -OCH3 is 1. The van der Waals surface area contributed by atoms with Gasteiger partial charge in [0.25, 0.3) is 0 Å². The topological polar surface area (TPSA) is 90.9 Å². The molecule has 0 saturated carbocycles. The van der Waals surface area contributed by atoms with E-state index >= 15 is 0 Å². The number of hydrogen-bond donors (Lipinski definition) is 1. The molecule has 178 valence electrons. The second-order valence-corrected chi connectivity index (χ2v) is 8.65. The lowest BCUT2D eigenvalue weighted by molar-refractivity contribution is -0.151. The van der Waals surface area contributed by atoms with Crippen molar-refractivity contribution in [2.24, 2.45) is 11.8 Å². The Hall–Kier alpha value is -3.00. The lowest BCUT2D eigenvalue weighted by Gasteiger charge is -2.38. The first-order valence-corrected chi connectivity index (χ1v) is 11.0. The molecule has 1 N–H and O–H groups in total. The number of halogens is 1. The zero-order valence-corrected chi connectivity index (χ0v) is 19.6. The molecule has 8 heteroatoms. The predicted octanol–water partition coefficient (Wildman–Crippen LogP) is 3.41. The number of nitrogens with one attached hydrogen (secondary N) is 1. The van der Waals surface area contributed by atoms with Crippen molar-refractivity contribution in [3.8, 4) is 0 Å². The molecule has 1 aliphatic heterocycles. The maximum atomic E-state index is 14.2. The van der Waals surface area contributed by atoms with Crippen molar-refractivity contribution in [2.45, 2.75) is 46.1 Å². The van der Waals surface area contributed by atoms with E-state index in [1.807, 2.05) is 13.8 Å². The van der Waals surface area contributed by atoms with Gasteiger partial charge >= 0.3 is 11.9 Å². The number of ether oxygens (including phenoxy) is 3. The van der Waals surface area contributed by atoms with E-state index < -0.39 is 35.4 Å². The van der Waals surface area contributed by atoms with E-state index in [0.29, 0.717) is 23.4 Å². The van der Waals surface area contributed by atoms with Crippen molar-refractivity contribution >= 4 is 17.7 Å². The highest BCUT2D eigenvalue weighted by atomic mass is 19.1. The summed E-state index contributed by atoms with van der Waals surface area (Å²) in [6.45, 7) is 7.54. The minimum atomic E-state index is -0.998. The van der Waals surface area contributed by atoms with E-state index in [2.05, 4.69) is 5.32 Å². The van der Waals surface area contributed by atoms with Crippen molar-refractivity contribution in [3.05, 3.63) is 58.2 Å². The van der Waals surface area contributed by atoms with E-state index in [-0.39, 0.29) is 36.4 Å². The molecule has 0 spiro atoms. The molecule has 0 bridgehead atoms. The fourth-order valence-electron chi connectivity index (χ4n) is 4.47. The molecule has 1 aromatic carbocycles. The number of benzene rings is 1. The van der Waals surface area contributed by atoms with Gasteiger partial charge in [-0.05, 0) is 50.8 Å². The average Bonchev–Trinajstić information content (AvgIpc) is 2.75. The Labute approximate surface area is 193 Å². The Morgan fingerprint density at radius 1 is 1.24 bits per heavy atom. The van der Waals surface area contributed by atoms with Crippen LogP contribution in [0.5, 0.6) is 0 Å². The third-order valence-corrected chi connectivity index (χ3v) is 5.91. The fourth-order valence-corrected chi connectivity index (χ4v) is 4.47. The Balaban J connectivity index is 2.04. The highest BCUT2D eigenvalue weighted by Gasteiger charge is 2.47. The first-order chi connectivity index (χ1) is 15.6. The van der Waals surface area contributed by atoms with Crippen LogP contribution in [0.1, 0.15) is 45.6 Å². The van der Waals surface area contributed by atoms with Crippen molar-refractivity contribution in [2.75, 3.05) is 20.3 Å². The van der Waals surface area contributed by atoms with Crippen molar-refractivity contribution in [3.63, 3.8) is 0 Å². The molecule has 0 unspecified atom stereocenters. The molecule has 7 nitrogen and oxygen atoms in total. The standard InChI is InChI=1S/C25H30FNO6/c1-13(2)32-9-10-33-25(30)20-15(4)27-18-11-14(3)19(24(29)31-5)23(28)22(18)21(20)16-7-6-8-17(26)12-16/h6-8,12-14,19,21,27H,9-11H2,1-5H3/t14-,19-,21+/m0/s1. The van der Waals surface area contributed by atoms with Crippen LogP contribution in [0.25, 0.3) is 0 Å². The Morgan fingerprint density at radius 3 is 2.61 bits per heavy atom. The highest BCUT2D eigenvalue weighted by Crippen LogP contribution is 2.45.